The standard InChI is InChI=1S/C22H47NO/c1-2-3-4-5-6-7-8-9-10-11-12-13-14-15-16-17-18-21-24-22-19-20-23/h2-23H2,1H3. The average Bonchev–Trinajstić information content (AvgIpc) is 2.60. The molecule has 0 aromatic carbocycles. The monoisotopic (exact) mass is 341 g/mol. The fraction of sp³-hybridized carbons (Fsp3) is 1.00. The van der Waals surface area contributed by atoms with Crippen molar-refractivity contribution in [3.63, 3.8) is 0 Å². The molecule has 0 saturated heterocycles. The molecule has 0 aliphatic heterocycles. The summed E-state index contributed by atoms with van der Waals surface area (Å²) < 4.78 is 5.52. The molecule has 24 heavy (non-hydrogen) atoms. The highest BCUT2D eigenvalue weighted by molar-refractivity contribution is 4.50. The Morgan fingerprint density at radius 3 is 1.17 bits per heavy atom. The van der Waals surface area contributed by atoms with Gasteiger partial charge < -0.3 is 10.5 Å². The van der Waals surface area contributed by atoms with Gasteiger partial charge in [-0.3, -0.25) is 0 Å². The van der Waals surface area contributed by atoms with E-state index in [1.165, 1.54) is 109 Å². The lowest BCUT2D eigenvalue weighted by Gasteiger charge is -2.04. The molecule has 0 amide bonds. The molecule has 2 heteroatoms. The van der Waals surface area contributed by atoms with Crippen molar-refractivity contribution in [3.8, 4) is 0 Å². The van der Waals surface area contributed by atoms with Crippen LogP contribution in [0.4, 0.5) is 0 Å². The Bertz CT molecular complexity index is 186. The van der Waals surface area contributed by atoms with E-state index in [1.807, 2.05) is 0 Å². The Morgan fingerprint density at radius 2 is 0.792 bits per heavy atom. The van der Waals surface area contributed by atoms with Gasteiger partial charge in [0.2, 0.25) is 0 Å². The minimum Gasteiger partial charge on any atom is -0.381 e. The fourth-order valence-electron chi connectivity index (χ4n) is 3.22. The number of rotatable bonds is 21. The molecule has 2 nitrogen and oxygen atoms in total. The molecule has 0 unspecified atom stereocenters. The second-order valence-electron chi connectivity index (χ2n) is 7.41. The Balaban J connectivity index is 2.93. The van der Waals surface area contributed by atoms with Crippen LogP contribution in [0.2, 0.25) is 0 Å². The molecular weight excluding hydrogens is 294 g/mol. The van der Waals surface area contributed by atoms with Gasteiger partial charge in [-0.15, -0.1) is 0 Å². The van der Waals surface area contributed by atoms with Crippen molar-refractivity contribution in [2.45, 2.75) is 122 Å². The van der Waals surface area contributed by atoms with Crippen LogP contribution in [-0.2, 0) is 4.74 Å². The summed E-state index contributed by atoms with van der Waals surface area (Å²) in [5.74, 6) is 0. The smallest absolute Gasteiger partial charge is 0.0478 e. The van der Waals surface area contributed by atoms with E-state index < -0.39 is 0 Å². The van der Waals surface area contributed by atoms with E-state index in [9.17, 15) is 0 Å². The Morgan fingerprint density at radius 1 is 0.458 bits per heavy atom. The van der Waals surface area contributed by atoms with Gasteiger partial charge in [-0.25, -0.2) is 0 Å². The summed E-state index contributed by atoms with van der Waals surface area (Å²) >= 11 is 0. The summed E-state index contributed by atoms with van der Waals surface area (Å²) in [6.07, 6.45) is 25.2. The van der Waals surface area contributed by atoms with Gasteiger partial charge in [0, 0.05) is 13.2 Å². The SMILES string of the molecule is CCCCCCCCCCCCCCCCCCCOCCCN. The Hall–Kier alpha value is -0.0800. The first-order valence-electron chi connectivity index (χ1n) is 11.2. The van der Waals surface area contributed by atoms with Crippen molar-refractivity contribution in [3.05, 3.63) is 0 Å². The van der Waals surface area contributed by atoms with Gasteiger partial charge in [-0.2, -0.15) is 0 Å². The molecule has 0 aromatic rings. The Labute approximate surface area is 153 Å². The number of hydrogen-bond acceptors (Lipinski definition) is 2. The van der Waals surface area contributed by atoms with E-state index in [4.69, 9.17) is 10.5 Å². The maximum atomic E-state index is 5.52. The zero-order valence-corrected chi connectivity index (χ0v) is 16.8. The van der Waals surface area contributed by atoms with Crippen LogP contribution in [0.3, 0.4) is 0 Å². The zero-order valence-electron chi connectivity index (χ0n) is 16.8. The Kier molecular flexibility index (Phi) is 22.8. The van der Waals surface area contributed by atoms with Gasteiger partial charge in [-0.1, -0.05) is 110 Å². The van der Waals surface area contributed by atoms with Crippen LogP contribution in [0.5, 0.6) is 0 Å². The second kappa shape index (κ2) is 22.9. The molecule has 0 atom stereocenters. The van der Waals surface area contributed by atoms with E-state index in [0.717, 1.165) is 26.2 Å². The van der Waals surface area contributed by atoms with Crippen LogP contribution in [0.1, 0.15) is 122 Å². The number of ether oxygens (including phenoxy) is 1. The third kappa shape index (κ3) is 21.9. The van der Waals surface area contributed by atoms with Gasteiger partial charge >= 0.3 is 0 Å². The fourth-order valence-corrected chi connectivity index (χ4v) is 3.22. The van der Waals surface area contributed by atoms with Crippen molar-refractivity contribution in [1.82, 2.24) is 0 Å². The topological polar surface area (TPSA) is 35.2 Å². The van der Waals surface area contributed by atoms with Crippen molar-refractivity contribution in [2.75, 3.05) is 19.8 Å². The highest BCUT2D eigenvalue weighted by atomic mass is 16.5. The number of nitrogens with two attached hydrogens (primary N) is 1. The molecule has 0 rings (SSSR count). The minimum absolute atomic E-state index is 0.749. The molecule has 0 aromatic heterocycles. The molecule has 0 radical (unpaired) electrons. The molecule has 2 N–H and O–H groups in total. The van der Waals surface area contributed by atoms with E-state index >= 15 is 0 Å². The van der Waals surface area contributed by atoms with Crippen molar-refractivity contribution < 1.29 is 4.74 Å². The van der Waals surface area contributed by atoms with Gasteiger partial charge in [-0.05, 0) is 19.4 Å². The molecule has 0 fully saturated rings. The van der Waals surface area contributed by atoms with E-state index in [0.29, 0.717) is 0 Å². The van der Waals surface area contributed by atoms with Crippen LogP contribution < -0.4 is 5.73 Å². The molecule has 146 valence electrons. The summed E-state index contributed by atoms with van der Waals surface area (Å²) in [4.78, 5) is 0. The largest absolute Gasteiger partial charge is 0.381 e. The number of hydrogen-bond donors (Lipinski definition) is 1. The molecular formula is C22H47NO. The highest BCUT2D eigenvalue weighted by Gasteiger charge is 1.95. The zero-order chi connectivity index (χ0) is 17.6. The van der Waals surface area contributed by atoms with Gasteiger partial charge in [0.25, 0.3) is 0 Å². The molecule has 0 aliphatic rings. The van der Waals surface area contributed by atoms with Gasteiger partial charge in [0.15, 0.2) is 0 Å². The van der Waals surface area contributed by atoms with E-state index in [2.05, 4.69) is 6.92 Å². The number of unbranched alkanes of at least 4 members (excludes halogenated alkanes) is 16. The first-order valence-corrected chi connectivity index (χ1v) is 11.2. The van der Waals surface area contributed by atoms with Gasteiger partial charge in [0.1, 0.15) is 0 Å². The third-order valence-electron chi connectivity index (χ3n) is 4.89. The second-order valence-corrected chi connectivity index (χ2v) is 7.41. The molecule has 0 aliphatic carbocycles. The predicted molar refractivity (Wildman–Crippen MR) is 109 cm³/mol. The van der Waals surface area contributed by atoms with Crippen LogP contribution in [0.15, 0.2) is 0 Å². The van der Waals surface area contributed by atoms with Crippen molar-refractivity contribution >= 4 is 0 Å². The normalized spacial score (nSPS) is 11.2. The van der Waals surface area contributed by atoms with Crippen molar-refractivity contribution in [1.29, 1.82) is 0 Å². The summed E-state index contributed by atoms with van der Waals surface area (Å²) in [6.45, 7) is 4.81. The predicted octanol–water partition coefficient (Wildman–Crippen LogP) is 7.00. The van der Waals surface area contributed by atoms with Gasteiger partial charge in [0.05, 0.1) is 0 Å². The van der Waals surface area contributed by atoms with Crippen molar-refractivity contribution in [2.24, 2.45) is 5.73 Å². The lowest BCUT2D eigenvalue weighted by Crippen LogP contribution is -2.04. The maximum absolute atomic E-state index is 5.52. The molecule has 0 heterocycles. The first-order chi connectivity index (χ1) is 11.9. The summed E-state index contributed by atoms with van der Waals surface area (Å²) in [5, 5.41) is 0. The third-order valence-corrected chi connectivity index (χ3v) is 4.89. The van der Waals surface area contributed by atoms with Crippen LogP contribution >= 0.6 is 0 Å². The lowest BCUT2D eigenvalue weighted by molar-refractivity contribution is 0.129. The average molecular weight is 342 g/mol. The quantitative estimate of drug-likeness (QED) is 0.228. The molecule has 0 spiro atoms. The highest BCUT2D eigenvalue weighted by Crippen LogP contribution is 2.13. The summed E-state index contributed by atoms with van der Waals surface area (Å²) in [6, 6.07) is 0. The molecule has 0 bridgehead atoms. The first kappa shape index (κ1) is 23.9. The van der Waals surface area contributed by atoms with Crippen LogP contribution in [-0.4, -0.2) is 19.8 Å². The molecule has 0 saturated carbocycles. The maximum Gasteiger partial charge on any atom is 0.0478 e. The van der Waals surface area contributed by atoms with Crippen LogP contribution in [0, 0.1) is 0 Å². The lowest BCUT2D eigenvalue weighted by atomic mass is 10.0. The summed E-state index contributed by atoms with van der Waals surface area (Å²) in [5.41, 5.74) is 5.43. The van der Waals surface area contributed by atoms with E-state index in [1.54, 1.807) is 0 Å². The van der Waals surface area contributed by atoms with Crippen LogP contribution in [0.25, 0.3) is 0 Å². The van der Waals surface area contributed by atoms with E-state index in [-0.39, 0.29) is 0 Å². The minimum atomic E-state index is 0.749. The summed E-state index contributed by atoms with van der Waals surface area (Å²) in [7, 11) is 0.